The van der Waals surface area contributed by atoms with Crippen LogP contribution in [-0.4, -0.2) is 28.4 Å². The van der Waals surface area contributed by atoms with Gasteiger partial charge in [-0.3, -0.25) is 9.59 Å². The molecule has 0 heterocycles. The summed E-state index contributed by atoms with van der Waals surface area (Å²) in [7, 11) is 2.57. The van der Waals surface area contributed by atoms with E-state index in [1.807, 2.05) is 0 Å². The van der Waals surface area contributed by atoms with Crippen LogP contribution in [0.2, 0.25) is 0 Å². The molecule has 0 N–H and O–H groups in total. The number of halogens is 2. The molecule has 0 atom stereocenters. The van der Waals surface area contributed by atoms with Crippen molar-refractivity contribution in [3.8, 4) is 0 Å². The Hall–Kier alpha value is -1.74. The number of carbonyl (C=O) groups is 2. The number of Topliss-reactive ketones (excluding diaryl/α,β-unsaturated/α-hetero) is 2. The van der Waals surface area contributed by atoms with Crippen LogP contribution in [0, 0.1) is 0 Å². The lowest BCUT2D eigenvalue weighted by Crippen LogP contribution is -2.09. The molecule has 0 spiro atoms. The summed E-state index contributed by atoms with van der Waals surface area (Å²) in [6.45, 7) is 0. The van der Waals surface area contributed by atoms with Gasteiger partial charge in [-0.1, -0.05) is 24.3 Å². The SMILES string of the molecule is O=C(CC(=O)c1ccc(S(=O)(=O)Cl)cc1)c1ccc(S(=O)(=O)Cl)cc1. The van der Waals surface area contributed by atoms with Gasteiger partial charge in [0.15, 0.2) is 11.6 Å². The summed E-state index contributed by atoms with van der Waals surface area (Å²) in [4.78, 5) is 23.9. The summed E-state index contributed by atoms with van der Waals surface area (Å²) in [5.74, 6) is -1.03. The quantitative estimate of drug-likeness (QED) is 0.404. The molecule has 0 aliphatic carbocycles. The maximum atomic E-state index is 12.1. The van der Waals surface area contributed by atoms with Crippen LogP contribution in [0.4, 0.5) is 0 Å². The lowest BCUT2D eigenvalue weighted by Gasteiger charge is -2.03. The molecule has 0 saturated carbocycles. The molecule has 132 valence electrons. The van der Waals surface area contributed by atoms with E-state index in [2.05, 4.69) is 0 Å². The molecule has 0 aromatic heterocycles. The topological polar surface area (TPSA) is 102 Å². The minimum absolute atomic E-state index is 0.150. The van der Waals surface area contributed by atoms with Gasteiger partial charge in [-0.05, 0) is 24.3 Å². The molecule has 0 unspecified atom stereocenters. The van der Waals surface area contributed by atoms with E-state index in [9.17, 15) is 26.4 Å². The van der Waals surface area contributed by atoms with Gasteiger partial charge in [-0.25, -0.2) is 16.8 Å². The zero-order valence-electron chi connectivity index (χ0n) is 12.3. The molecule has 0 aliphatic rings. The molecule has 2 rings (SSSR count). The predicted octanol–water partition coefficient (Wildman–Crippen LogP) is 3.00. The first-order valence-electron chi connectivity index (χ1n) is 6.64. The third-order valence-corrected chi connectivity index (χ3v) is 5.98. The smallest absolute Gasteiger partial charge is 0.261 e. The van der Waals surface area contributed by atoms with E-state index in [0.717, 1.165) is 0 Å². The van der Waals surface area contributed by atoms with Gasteiger partial charge < -0.3 is 0 Å². The van der Waals surface area contributed by atoms with Gasteiger partial charge in [0.05, 0.1) is 16.2 Å². The maximum absolute atomic E-state index is 12.1. The second kappa shape index (κ2) is 7.25. The molecule has 0 fully saturated rings. The van der Waals surface area contributed by atoms with Crippen LogP contribution in [-0.2, 0) is 18.1 Å². The molecule has 6 nitrogen and oxygen atoms in total. The summed E-state index contributed by atoms with van der Waals surface area (Å²) in [5.41, 5.74) is 0.301. The summed E-state index contributed by atoms with van der Waals surface area (Å²) >= 11 is 0. The number of hydrogen-bond donors (Lipinski definition) is 0. The molecule has 10 heteroatoms. The van der Waals surface area contributed by atoms with E-state index in [-0.39, 0.29) is 20.9 Å². The third kappa shape index (κ3) is 5.12. The summed E-state index contributed by atoms with van der Waals surface area (Å²) < 4.78 is 44.6. The molecule has 0 amide bonds. The van der Waals surface area contributed by atoms with Crippen molar-refractivity contribution in [2.24, 2.45) is 0 Å². The molecule has 0 radical (unpaired) electrons. The number of rotatable bonds is 6. The van der Waals surface area contributed by atoms with Crippen molar-refractivity contribution < 1.29 is 26.4 Å². The Morgan fingerprint density at radius 1 is 0.640 bits per heavy atom. The zero-order chi connectivity index (χ0) is 18.8. The van der Waals surface area contributed by atoms with E-state index in [1.54, 1.807) is 0 Å². The molecule has 0 bridgehead atoms. The van der Waals surface area contributed by atoms with Crippen molar-refractivity contribution >= 4 is 51.0 Å². The molecule has 0 aliphatic heterocycles. The van der Waals surface area contributed by atoms with E-state index >= 15 is 0 Å². The van der Waals surface area contributed by atoms with Crippen molar-refractivity contribution in [1.82, 2.24) is 0 Å². The molecular weight excluding hydrogens is 411 g/mol. The Morgan fingerprint density at radius 3 is 1.16 bits per heavy atom. The largest absolute Gasteiger partial charge is 0.294 e. The van der Waals surface area contributed by atoms with Crippen molar-refractivity contribution in [2.75, 3.05) is 0 Å². The highest BCUT2D eigenvalue weighted by Gasteiger charge is 2.17. The number of ketones is 2. The molecule has 2 aromatic carbocycles. The minimum Gasteiger partial charge on any atom is -0.294 e. The van der Waals surface area contributed by atoms with Gasteiger partial charge in [-0.15, -0.1) is 0 Å². The fourth-order valence-corrected chi connectivity index (χ4v) is 3.50. The Labute approximate surface area is 153 Å². The number of hydrogen-bond acceptors (Lipinski definition) is 6. The highest BCUT2D eigenvalue weighted by Crippen LogP contribution is 2.18. The minimum atomic E-state index is -3.89. The molecule has 25 heavy (non-hydrogen) atoms. The second-order valence-corrected chi connectivity index (χ2v) is 10.1. The Kier molecular flexibility index (Phi) is 5.68. The fraction of sp³-hybridized carbons (Fsp3) is 0.0667. The van der Waals surface area contributed by atoms with Gasteiger partial charge >= 0.3 is 0 Å². The summed E-state index contributed by atoms with van der Waals surface area (Å²) in [5, 5.41) is 0. The number of benzene rings is 2. The normalized spacial score (nSPS) is 11.9. The van der Waals surface area contributed by atoms with Crippen LogP contribution in [0.15, 0.2) is 58.3 Å². The van der Waals surface area contributed by atoms with E-state index in [4.69, 9.17) is 21.4 Å². The van der Waals surface area contributed by atoms with Crippen molar-refractivity contribution in [1.29, 1.82) is 0 Å². The van der Waals surface area contributed by atoms with Crippen molar-refractivity contribution in [2.45, 2.75) is 16.2 Å². The van der Waals surface area contributed by atoms with Crippen molar-refractivity contribution in [3.05, 3.63) is 59.7 Å². The zero-order valence-corrected chi connectivity index (χ0v) is 15.5. The van der Waals surface area contributed by atoms with Crippen LogP contribution in [0.5, 0.6) is 0 Å². The maximum Gasteiger partial charge on any atom is 0.261 e. The van der Waals surface area contributed by atoms with Crippen molar-refractivity contribution in [3.63, 3.8) is 0 Å². The molecule has 0 saturated heterocycles. The highest BCUT2D eigenvalue weighted by atomic mass is 35.7. The van der Waals surface area contributed by atoms with Crippen LogP contribution in [0.3, 0.4) is 0 Å². The van der Waals surface area contributed by atoms with E-state index in [0.29, 0.717) is 0 Å². The summed E-state index contributed by atoms with van der Waals surface area (Å²) in [6, 6.07) is 9.70. The first-order valence-corrected chi connectivity index (χ1v) is 11.3. The van der Waals surface area contributed by atoms with Crippen LogP contribution >= 0.6 is 21.4 Å². The first kappa shape index (κ1) is 19.6. The fourth-order valence-electron chi connectivity index (χ4n) is 1.96. The third-order valence-electron chi connectivity index (χ3n) is 3.24. The van der Waals surface area contributed by atoms with E-state index in [1.165, 1.54) is 48.5 Å². The average Bonchev–Trinajstić information content (AvgIpc) is 2.53. The standard InChI is InChI=1S/C15H10Cl2O6S2/c16-24(20,21)12-5-1-10(2-6-12)14(18)9-15(19)11-3-7-13(8-4-11)25(17,22)23/h1-8H,9H2. The Morgan fingerprint density at radius 2 is 0.920 bits per heavy atom. The van der Waals surface area contributed by atoms with Gasteiger partial charge in [-0.2, -0.15) is 0 Å². The van der Waals surface area contributed by atoms with Gasteiger partial charge in [0.25, 0.3) is 18.1 Å². The highest BCUT2D eigenvalue weighted by molar-refractivity contribution is 8.14. The molecule has 2 aromatic rings. The Bertz CT molecular complexity index is 939. The van der Waals surface area contributed by atoms with Crippen LogP contribution in [0.25, 0.3) is 0 Å². The van der Waals surface area contributed by atoms with Crippen LogP contribution < -0.4 is 0 Å². The van der Waals surface area contributed by atoms with Crippen LogP contribution in [0.1, 0.15) is 27.1 Å². The monoisotopic (exact) mass is 420 g/mol. The average molecular weight is 421 g/mol. The first-order chi connectivity index (χ1) is 11.5. The Balaban J connectivity index is 2.13. The lowest BCUT2D eigenvalue weighted by molar-refractivity contribution is 0.0894. The van der Waals surface area contributed by atoms with E-state index < -0.39 is 36.1 Å². The number of carbonyl (C=O) groups excluding carboxylic acids is 2. The lowest BCUT2D eigenvalue weighted by atomic mass is 10.0. The summed E-state index contributed by atoms with van der Waals surface area (Å²) in [6.07, 6.45) is -0.458. The van der Waals surface area contributed by atoms with Gasteiger partial charge in [0.1, 0.15) is 0 Å². The predicted molar refractivity (Wildman–Crippen MR) is 92.2 cm³/mol. The molecular formula is C15H10Cl2O6S2. The van der Waals surface area contributed by atoms with Gasteiger partial charge in [0.2, 0.25) is 0 Å². The van der Waals surface area contributed by atoms with Gasteiger partial charge in [0, 0.05) is 32.5 Å². The second-order valence-electron chi connectivity index (χ2n) is 4.95.